The molecule has 0 aliphatic heterocycles. The number of H-pyrrole nitrogens is 2. The number of anilines is 2. The van der Waals surface area contributed by atoms with Crippen LogP contribution in [0.1, 0.15) is 60.4 Å². The van der Waals surface area contributed by atoms with Crippen molar-refractivity contribution in [3.8, 4) is 22.8 Å². The van der Waals surface area contributed by atoms with Crippen LogP contribution in [-0.2, 0) is 22.4 Å². The first-order chi connectivity index (χ1) is 31.4. The fourth-order valence-electron chi connectivity index (χ4n) is 6.37. The highest BCUT2D eigenvalue weighted by Crippen LogP contribution is 2.25. The molecule has 0 radical (unpaired) electrons. The predicted molar refractivity (Wildman–Crippen MR) is 236 cm³/mol. The molecule has 0 fully saturated rings. The van der Waals surface area contributed by atoms with Gasteiger partial charge in [-0.1, -0.05) is 57.0 Å². The lowest BCUT2D eigenvalue weighted by atomic mass is 10.2. The summed E-state index contributed by atoms with van der Waals surface area (Å²) >= 11 is 0. The fraction of sp³-hybridized carbons (Fsp3) is 0.333. The largest absolute Gasteiger partial charge is 0.481 e. The van der Waals surface area contributed by atoms with Crippen LogP contribution in [0.2, 0.25) is 0 Å². The van der Waals surface area contributed by atoms with E-state index in [0.29, 0.717) is 112 Å². The molecule has 0 aliphatic carbocycles. The van der Waals surface area contributed by atoms with Crippen molar-refractivity contribution in [3.63, 3.8) is 0 Å². The second-order valence-electron chi connectivity index (χ2n) is 14.4. The zero-order valence-electron chi connectivity index (χ0n) is 36.1. The number of nitrogens with two attached hydrogens (primary N) is 1. The van der Waals surface area contributed by atoms with Gasteiger partial charge in [0, 0.05) is 49.7 Å². The molecule has 0 bridgehead atoms. The second kappa shape index (κ2) is 22.3. The van der Waals surface area contributed by atoms with Crippen molar-refractivity contribution in [1.82, 2.24) is 56.3 Å². The minimum Gasteiger partial charge on any atom is -0.481 e. The van der Waals surface area contributed by atoms with E-state index in [1.165, 1.54) is 0 Å². The van der Waals surface area contributed by atoms with Crippen LogP contribution in [0.5, 0.6) is 0 Å². The number of carbonyl (C=O) groups is 2. The molecule has 1 amide bonds. The Morgan fingerprint density at radius 3 is 1.54 bits per heavy atom. The fourth-order valence-corrected chi connectivity index (χ4v) is 6.37. The molecule has 0 atom stereocenters. The summed E-state index contributed by atoms with van der Waals surface area (Å²) in [6, 6.07) is 14.6. The summed E-state index contributed by atoms with van der Waals surface area (Å²) in [5, 5.41) is 49.0. The van der Waals surface area contributed by atoms with Crippen molar-refractivity contribution >= 4 is 45.1 Å². The molecule has 65 heavy (non-hydrogen) atoms. The summed E-state index contributed by atoms with van der Waals surface area (Å²) in [6.45, 7) is 9.59. The molecule has 0 saturated heterocycles. The molecule has 6 heterocycles. The summed E-state index contributed by atoms with van der Waals surface area (Å²) in [4.78, 5) is 54.3. The van der Waals surface area contributed by atoms with Crippen molar-refractivity contribution in [2.24, 2.45) is 5.73 Å². The summed E-state index contributed by atoms with van der Waals surface area (Å²) < 4.78 is 20.3. The maximum Gasteiger partial charge on any atom is 0.303 e. The van der Waals surface area contributed by atoms with Crippen LogP contribution in [0.4, 0.5) is 11.6 Å². The number of carbonyl (C=O) groups excluding carboxylic acids is 1. The summed E-state index contributed by atoms with van der Waals surface area (Å²) in [7, 11) is 0. The summed E-state index contributed by atoms with van der Waals surface area (Å²) in [6.07, 6.45) is 2.32. The number of aliphatic carboxylic acids is 1. The van der Waals surface area contributed by atoms with Gasteiger partial charge in [-0.15, -0.1) is 0 Å². The Bertz CT molecular complexity index is 2930. The first-order valence-electron chi connectivity index (χ1n) is 20.6. The minimum atomic E-state index is -0.901. The van der Waals surface area contributed by atoms with E-state index in [0.717, 1.165) is 23.7 Å². The molecule has 8 N–H and O–H groups in total. The van der Waals surface area contributed by atoms with Crippen molar-refractivity contribution in [3.05, 3.63) is 104 Å². The van der Waals surface area contributed by atoms with Gasteiger partial charge in [-0.3, -0.25) is 19.2 Å². The molecular weight excluding hydrogens is 845 g/mol. The van der Waals surface area contributed by atoms with Gasteiger partial charge in [0.25, 0.3) is 11.1 Å². The first-order valence-corrected chi connectivity index (χ1v) is 20.6. The molecular formula is C42H48N14O9. The van der Waals surface area contributed by atoms with Crippen LogP contribution in [0.25, 0.3) is 44.3 Å². The second-order valence-corrected chi connectivity index (χ2v) is 14.4. The van der Waals surface area contributed by atoms with Gasteiger partial charge in [-0.2, -0.15) is 20.2 Å². The van der Waals surface area contributed by atoms with Crippen molar-refractivity contribution in [1.29, 1.82) is 0 Å². The van der Waals surface area contributed by atoms with E-state index < -0.39 is 5.97 Å². The van der Waals surface area contributed by atoms with E-state index in [1.807, 2.05) is 36.4 Å². The lowest BCUT2D eigenvalue weighted by Crippen LogP contribution is -2.26. The number of benzene rings is 2. The van der Waals surface area contributed by atoms with Gasteiger partial charge < -0.3 is 44.9 Å². The highest BCUT2D eigenvalue weighted by atomic mass is 16.5. The summed E-state index contributed by atoms with van der Waals surface area (Å²) in [5.74, 6) is 2.99. The van der Waals surface area contributed by atoms with E-state index in [2.05, 4.69) is 66.9 Å². The number of rotatable bonds is 17. The number of nitrogens with one attached hydrogen (secondary N) is 5. The maximum atomic E-state index is 12.1. The van der Waals surface area contributed by atoms with Gasteiger partial charge >= 0.3 is 5.97 Å². The number of aromatic amines is 2. The lowest BCUT2D eigenvalue weighted by molar-refractivity contribution is -0.137. The minimum absolute atomic E-state index is 0.0385. The zero-order valence-corrected chi connectivity index (χ0v) is 36.1. The molecule has 8 aromatic rings. The Labute approximate surface area is 368 Å². The SMILES string of the molecule is Cc1noc(C)c1-c1noc(CCC(=O)NCCCNc2n[nH]c(=O)c3ccccc23)n1.Cc1noc(C)c1-c1noc(CCC(=O)O)n1.NCCCNc1n[nH]c(=O)c2ccccc12. The molecule has 23 nitrogen and oxygen atoms in total. The average molecular weight is 893 g/mol. The van der Waals surface area contributed by atoms with Crippen LogP contribution >= 0.6 is 0 Å². The molecule has 340 valence electrons. The van der Waals surface area contributed by atoms with E-state index in [1.54, 1.807) is 39.8 Å². The maximum absolute atomic E-state index is 12.1. The molecule has 0 aliphatic rings. The van der Waals surface area contributed by atoms with Gasteiger partial charge in [-0.25, -0.2) is 10.2 Å². The quantitative estimate of drug-likeness (QED) is 0.0631. The molecule has 0 unspecified atom stereocenters. The van der Waals surface area contributed by atoms with Gasteiger partial charge in [-0.05, 0) is 59.2 Å². The van der Waals surface area contributed by atoms with Crippen LogP contribution in [-0.4, -0.2) is 94.2 Å². The van der Waals surface area contributed by atoms with Crippen LogP contribution in [0, 0.1) is 27.7 Å². The number of carboxylic acids is 1. The Morgan fingerprint density at radius 1 is 0.631 bits per heavy atom. The number of amides is 1. The van der Waals surface area contributed by atoms with E-state index in [4.69, 9.17) is 28.9 Å². The molecule has 0 saturated carbocycles. The molecule has 2 aromatic carbocycles. The van der Waals surface area contributed by atoms with E-state index in [-0.39, 0.29) is 36.3 Å². The molecule has 0 spiro atoms. The number of aromatic nitrogens is 10. The van der Waals surface area contributed by atoms with Crippen LogP contribution < -0.4 is 32.8 Å². The van der Waals surface area contributed by atoms with Crippen LogP contribution in [0.15, 0.2) is 76.2 Å². The number of hydrogen-bond acceptors (Lipinski definition) is 19. The normalized spacial score (nSPS) is 10.8. The van der Waals surface area contributed by atoms with Gasteiger partial charge in [0.15, 0.2) is 11.6 Å². The Kier molecular flexibility index (Phi) is 15.9. The van der Waals surface area contributed by atoms with Gasteiger partial charge in [0.2, 0.25) is 29.3 Å². The Balaban J connectivity index is 0.000000178. The average Bonchev–Trinajstić information content (AvgIpc) is 4.12. The van der Waals surface area contributed by atoms with E-state index >= 15 is 0 Å². The van der Waals surface area contributed by atoms with Gasteiger partial charge in [0.05, 0.1) is 39.7 Å². The number of carboxylic acid groups (broad SMARTS) is 1. The third-order valence-corrected chi connectivity index (χ3v) is 9.60. The standard InChI is InChI=1S/C21H23N7O4.C11H14N4O.C10H11N3O4/c1-12-18(13(2)31-27-12)20-24-17(32-28-20)9-8-16(29)22-10-5-11-23-19-14-6-3-4-7-15(14)21(30)26-25-19;12-6-3-7-13-10-8-4-1-2-5-9(8)11(16)15-14-10;1-5-9(6(2)16-12-5)10-11-7(17-13-10)3-4-8(14)15/h3-4,6-7H,5,8-11H2,1-2H3,(H,22,29)(H,23,25)(H,26,30);1-2,4-5H,3,6-7,12H2,(H,13,14)(H,15,16);3-4H2,1-2H3,(H,14,15). The zero-order chi connectivity index (χ0) is 46.3. The first kappa shape index (κ1) is 46.4. The van der Waals surface area contributed by atoms with Crippen molar-refractivity contribution in [2.45, 2.75) is 66.2 Å². The third kappa shape index (κ3) is 12.3. The van der Waals surface area contributed by atoms with Crippen molar-refractivity contribution in [2.75, 3.05) is 36.8 Å². The smallest absolute Gasteiger partial charge is 0.303 e. The topological polar surface area (TPSA) is 338 Å². The highest BCUT2D eigenvalue weighted by Gasteiger charge is 2.19. The summed E-state index contributed by atoms with van der Waals surface area (Å²) in [5.41, 5.74) is 7.78. The lowest BCUT2D eigenvalue weighted by Gasteiger charge is -2.08. The van der Waals surface area contributed by atoms with E-state index in [9.17, 15) is 19.2 Å². The van der Waals surface area contributed by atoms with Crippen molar-refractivity contribution < 1.29 is 32.8 Å². The third-order valence-electron chi connectivity index (χ3n) is 9.60. The number of aryl methyl sites for hydroxylation is 6. The highest BCUT2D eigenvalue weighted by molar-refractivity contribution is 5.91. The Hall–Kier alpha value is -8.08. The van der Waals surface area contributed by atoms with Crippen LogP contribution in [0.3, 0.4) is 0 Å². The monoisotopic (exact) mass is 892 g/mol. The number of fused-ring (bicyclic) bond motifs is 2. The van der Waals surface area contributed by atoms with Gasteiger partial charge in [0.1, 0.15) is 11.5 Å². The molecule has 23 heteroatoms. The predicted octanol–water partition coefficient (Wildman–Crippen LogP) is 4.17. The number of nitrogens with zero attached hydrogens (tertiary/aromatic N) is 8. The Morgan fingerprint density at radius 2 is 1.09 bits per heavy atom. The molecule has 8 rings (SSSR count). The number of hydrogen-bond donors (Lipinski definition) is 7. The molecule has 6 aromatic heterocycles.